The van der Waals surface area contributed by atoms with E-state index in [1.54, 1.807) is 0 Å². The van der Waals surface area contributed by atoms with E-state index in [9.17, 15) is 13.2 Å². The molecule has 1 heterocycles. The van der Waals surface area contributed by atoms with Crippen LogP contribution >= 0.6 is 15.9 Å². The van der Waals surface area contributed by atoms with Gasteiger partial charge in [-0.25, -0.2) is 17.9 Å². The fourth-order valence-corrected chi connectivity index (χ4v) is 3.75. The van der Waals surface area contributed by atoms with Gasteiger partial charge in [-0.1, -0.05) is 13.8 Å². The number of methoxy groups -OCH3 is 1. The van der Waals surface area contributed by atoms with Gasteiger partial charge in [-0.3, -0.25) is 0 Å². The average Bonchev–Trinajstić information content (AvgIpc) is 2.71. The monoisotopic (exact) mass is 369 g/mol. The van der Waals surface area contributed by atoms with Crippen molar-refractivity contribution in [1.82, 2.24) is 4.72 Å². The molecular weight excluding hydrogens is 354 g/mol. The Morgan fingerprint density at radius 2 is 2.15 bits per heavy atom. The lowest BCUT2D eigenvalue weighted by molar-refractivity contribution is 0.0661. The van der Waals surface area contributed by atoms with E-state index in [-0.39, 0.29) is 22.1 Å². The van der Waals surface area contributed by atoms with Crippen molar-refractivity contribution in [1.29, 1.82) is 0 Å². The van der Waals surface area contributed by atoms with Gasteiger partial charge in [0.15, 0.2) is 4.67 Å². The van der Waals surface area contributed by atoms with Gasteiger partial charge in [-0.2, -0.15) is 0 Å². The average molecular weight is 370 g/mol. The van der Waals surface area contributed by atoms with Crippen molar-refractivity contribution in [3.05, 3.63) is 16.5 Å². The Hall–Kier alpha value is -0.900. The van der Waals surface area contributed by atoms with Crippen molar-refractivity contribution in [3.8, 4) is 0 Å². The number of aromatic carboxylic acids is 1. The Morgan fingerprint density at radius 3 is 2.55 bits per heavy atom. The highest BCUT2D eigenvalue weighted by Crippen LogP contribution is 2.26. The summed E-state index contributed by atoms with van der Waals surface area (Å²) >= 11 is 2.91. The third-order valence-electron chi connectivity index (χ3n) is 2.61. The highest BCUT2D eigenvalue weighted by molar-refractivity contribution is 9.10. The molecule has 0 amide bonds. The number of carboxylic acid groups (broad SMARTS) is 1. The standard InChI is InChI=1S/C11H16BrNO6S/c1-6(2)7(5-18-3)13-20(16,17)9-4-8(11(14)15)19-10(9)12/h4,6-7,13H,5H2,1-3H3,(H,14,15). The molecule has 1 rings (SSSR count). The lowest BCUT2D eigenvalue weighted by atomic mass is 10.1. The summed E-state index contributed by atoms with van der Waals surface area (Å²) in [7, 11) is -2.43. The van der Waals surface area contributed by atoms with Gasteiger partial charge in [0.05, 0.1) is 6.61 Å². The van der Waals surface area contributed by atoms with Crippen LogP contribution in [0.4, 0.5) is 0 Å². The van der Waals surface area contributed by atoms with Gasteiger partial charge >= 0.3 is 5.97 Å². The molecule has 0 aliphatic carbocycles. The number of halogens is 1. The minimum Gasteiger partial charge on any atom is -0.475 e. The molecule has 0 saturated heterocycles. The van der Waals surface area contributed by atoms with Crippen molar-refractivity contribution in [2.45, 2.75) is 24.8 Å². The highest BCUT2D eigenvalue weighted by atomic mass is 79.9. The molecule has 0 aromatic carbocycles. The lowest BCUT2D eigenvalue weighted by Crippen LogP contribution is -2.41. The molecule has 0 fully saturated rings. The Labute approximate surface area is 125 Å². The molecule has 1 aromatic heterocycles. The second kappa shape index (κ2) is 6.70. The smallest absolute Gasteiger partial charge is 0.371 e. The quantitative estimate of drug-likeness (QED) is 0.757. The SMILES string of the molecule is COCC(NS(=O)(=O)c1cc(C(=O)O)oc1Br)C(C)C. The number of furan rings is 1. The highest BCUT2D eigenvalue weighted by Gasteiger charge is 2.28. The molecule has 0 aliphatic rings. The first-order valence-electron chi connectivity index (χ1n) is 5.73. The first-order chi connectivity index (χ1) is 9.19. The van der Waals surface area contributed by atoms with Gasteiger partial charge in [0, 0.05) is 19.2 Å². The molecule has 7 nitrogen and oxygen atoms in total. The number of hydrogen-bond donors (Lipinski definition) is 2. The molecular formula is C11H16BrNO6S. The third-order valence-corrected chi connectivity index (χ3v) is 4.96. The van der Waals surface area contributed by atoms with E-state index in [4.69, 9.17) is 14.3 Å². The van der Waals surface area contributed by atoms with Crippen LogP contribution in [0.2, 0.25) is 0 Å². The van der Waals surface area contributed by atoms with Gasteiger partial charge in [0.2, 0.25) is 15.8 Å². The second-order valence-corrected chi connectivity index (χ2v) is 6.88. The van der Waals surface area contributed by atoms with Crippen LogP contribution in [0.5, 0.6) is 0 Å². The fourth-order valence-electron chi connectivity index (χ4n) is 1.45. The molecule has 0 saturated carbocycles. The maximum Gasteiger partial charge on any atom is 0.371 e. The number of hydrogen-bond acceptors (Lipinski definition) is 5. The van der Waals surface area contributed by atoms with Crippen molar-refractivity contribution >= 4 is 31.9 Å². The second-order valence-electron chi connectivity index (χ2n) is 4.48. The molecule has 0 bridgehead atoms. The summed E-state index contributed by atoms with van der Waals surface area (Å²) in [6, 6.07) is 0.527. The molecule has 9 heteroatoms. The van der Waals surface area contributed by atoms with E-state index in [0.717, 1.165) is 6.07 Å². The largest absolute Gasteiger partial charge is 0.475 e. The summed E-state index contributed by atoms with van der Waals surface area (Å²) in [5.74, 6) is -1.79. The maximum atomic E-state index is 12.2. The van der Waals surface area contributed by atoms with Crippen LogP contribution in [0.15, 0.2) is 20.0 Å². The van der Waals surface area contributed by atoms with Crippen LogP contribution in [-0.4, -0.2) is 39.3 Å². The van der Waals surface area contributed by atoms with Crippen LogP contribution in [-0.2, 0) is 14.8 Å². The first kappa shape index (κ1) is 17.2. The van der Waals surface area contributed by atoms with Crippen molar-refractivity contribution < 1.29 is 27.5 Å². The number of rotatable bonds is 7. The molecule has 2 N–H and O–H groups in total. The van der Waals surface area contributed by atoms with Crippen LogP contribution in [0.1, 0.15) is 24.4 Å². The van der Waals surface area contributed by atoms with E-state index in [1.807, 2.05) is 13.8 Å². The molecule has 1 unspecified atom stereocenters. The summed E-state index contributed by atoms with van der Waals surface area (Å²) in [4.78, 5) is 10.5. The summed E-state index contributed by atoms with van der Waals surface area (Å²) < 4.78 is 36.6. The zero-order valence-electron chi connectivity index (χ0n) is 11.2. The van der Waals surface area contributed by atoms with Crippen molar-refractivity contribution in [2.24, 2.45) is 5.92 Å². The number of ether oxygens (including phenoxy) is 1. The summed E-state index contributed by atoms with van der Waals surface area (Å²) in [6.45, 7) is 3.90. The molecule has 0 aliphatic heterocycles. The number of sulfonamides is 1. The Kier molecular flexibility index (Phi) is 5.75. The minimum absolute atomic E-state index is 0.00865. The van der Waals surface area contributed by atoms with Crippen molar-refractivity contribution in [2.75, 3.05) is 13.7 Å². The van der Waals surface area contributed by atoms with Crippen LogP contribution in [0, 0.1) is 5.92 Å². The van der Waals surface area contributed by atoms with Crippen LogP contribution in [0.25, 0.3) is 0 Å². The predicted octanol–water partition coefficient (Wildman–Crippen LogP) is 1.69. The van der Waals surface area contributed by atoms with Gasteiger partial charge in [-0.05, 0) is 21.8 Å². The van der Waals surface area contributed by atoms with Crippen LogP contribution < -0.4 is 4.72 Å². The van der Waals surface area contributed by atoms with Crippen molar-refractivity contribution in [3.63, 3.8) is 0 Å². The van der Waals surface area contributed by atoms with E-state index >= 15 is 0 Å². The molecule has 1 aromatic rings. The fraction of sp³-hybridized carbons (Fsp3) is 0.545. The topological polar surface area (TPSA) is 106 Å². The molecule has 0 radical (unpaired) electrons. The minimum atomic E-state index is -3.90. The van der Waals surface area contributed by atoms with Gasteiger partial charge in [0.1, 0.15) is 4.90 Å². The summed E-state index contributed by atoms with van der Waals surface area (Å²) in [5.41, 5.74) is 0. The first-order valence-corrected chi connectivity index (χ1v) is 8.00. The molecule has 114 valence electrons. The normalized spacial score (nSPS) is 13.7. The molecule has 1 atom stereocenters. The Bertz CT molecular complexity index is 580. The Morgan fingerprint density at radius 1 is 1.55 bits per heavy atom. The summed E-state index contributed by atoms with van der Waals surface area (Å²) in [6.07, 6.45) is 0. The van der Waals surface area contributed by atoms with E-state index in [0.29, 0.717) is 0 Å². The number of carboxylic acids is 1. The zero-order chi connectivity index (χ0) is 15.5. The third kappa shape index (κ3) is 4.05. The van der Waals surface area contributed by atoms with E-state index < -0.39 is 27.8 Å². The maximum absolute atomic E-state index is 12.2. The van der Waals surface area contributed by atoms with E-state index in [2.05, 4.69) is 20.7 Å². The zero-order valence-corrected chi connectivity index (χ0v) is 13.6. The van der Waals surface area contributed by atoms with Crippen LogP contribution in [0.3, 0.4) is 0 Å². The summed E-state index contributed by atoms with van der Waals surface area (Å²) in [5, 5.41) is 8.79. The number of carbonyl (C=O) groups is 1. The Balaban J connectivity index is 3.07. The predicted molar refractivity (Wildman–Crippen MR) is 74.2 cm³/mol. The lowest BCUT2D eigenvalue weighted by Gasteiger charge is -2.20. The molecule has 20 heavy (non-hydrogen) atoms. The van der Waals surface area contributed by atoms with Gasteiger partial charge in [0.25, 0.3) is 0 Å². The van der Waals surface area contributed by atoms with E-state index in [1.165, 1.54) is 7.11 Å². The van der Waals surface area contributed by atoms with Gasteiger partial charge < -0.3 is 14.3 Å². The van der Waals surface area contributed by atoms with Gasteiger partial charge in [-0.15, -0.1) is 0 Å². The number of nitrogens with one attached hydrogen (secondary N) is 1. The molecule has 0 spiro atoms.